The maximum atomic E-state index is 12.8. The van der Waals surface area contributed by atoms with Crippen molar-refractivity contribution in [1.82, 2.24) is 0 Å². The first-order chi connectivity index (χ1) is 10.5. The van der Waals surface area contributed by atoms with Crippen LogP contribution >= 0.6 is 11.8 Å². The normalized spacial score (nSPS) is 19.0. The van der Waals surface area contributed by atoms with Gasteiger partial charge in [0.15, 0.2) is 5.78 Å². The molecule has 1 aliphatic carbocycles. The summed E-state index contributed by atoms with van der Waals surface area (Å²) in [7, 11) is 0. The molecule has 0 aliphatic heterocycles. The average molecular weight is 317 g/mol. The zero-order valence-corrected chi connectivity index (χ0v) is 15.4. The van der Waals surface area contributed by atoms with Gasteiger partial charge >= 0.3 is 0 Å². The Hall–Kier alpha value is -1.02. The molecule has 1 aromatic rings. The molecule has 2 rings (SSSR count). The van der Waals surface area contributed by atoms with E-state index in [1.165, 1.54) is 27.8 Å². The fourth-order valence-corrected chi connectivity index (χ4v) is 4.31. The monoisotopic (exact) mass is 316 g/mol. The highest BCUT2D eigenvalue weighted by Crippen LogP contribution is 2.37. The van der Waals surface area contributed by atoms with Crippen LogP contribution in [0.2, 0.25) is 0 Å². The summed E-state index contributed by atoms with van der Waals surface area (Å²) < 4.78 is 0. The van der Waals surface area contributed by atoms with Crippen molar-refractivity contribution in [2.75, 3.05) is 12.0 Å². The summed E-state index contributed by atoms with van der Waals surface area (Å²) in [5.41, 5.74) is 7.40. The molecule has 1 unspecified atom stereocenters. The van der Waals surface area contributed by atoms with Crippen molar-refractivity contribution in [1.29, 1.82) is 0 Å². The van der Waals surface area contributed by atoms with Crippen LogP contribution in [0.4, 0.5) is 0 Å². The Kier molecular flexibility index (Phi) is 5.91. The van der Waals surface area contributed by atoms with Crippen molar-refractivity contribution < 1.29 is 4.79 Å². The zero-order valence-electron chi connectivity index (χ0n) is 14.6. The molecule has 0 N–H and O–H groups in total. The van der Waals surface area contributed by atoms with Crippen molar-refractivity contribution >= 4 is 23.1 Å². The van der Waals surface area contributed by atoms with E-state index in [0.29, 0.717) is 11.7 Å². The third kappa shape index (κ3) is 3.65. The SMILES string of the molecule is CCc1cc(C)cc(C)c1C1=C(C)CC(CCSC)CC1=O. The van der Waals surface area contributed by atoms with Crippen molar-refractivity contribution in [2.45, 2.75) is 53.4 Å². The van der Waals surface area contributed by atoms with Crippen LogP contribution in [0.25, 0.3) is 5.57 Å². The molecule has 0 radical (unpaired) electrons. The molecule has 0 bridgehead atoms. The van der Waals surface area contributed by atoms with Crippen LogP contribution in [0.5, 0.6) is 0 Å². The lowest BCUT2D eigenvalue weighted by Gasteiger charge is -2.27. The number of carbonyl (C=O) groups excluding carboxylic acids is 1. The summed E-state index contributed by atoms with van der Waals surface area (Å²) in [4.78, 5) is 12.8. The Balaban J connectivity index is 2.42. The number of aryl methyl sites for hydroxylation is 3. The molecule has 22 heavy (non-hydrogen) atoms. The average Bonchev–Trinajstić information content (AvgIpc) is 2.46. The van der Waals surface area contributed by atoms with Crippen LogP contribution in [0.3, 0.4) is 0 Å². The Labute approximate surface area is 139 Å². The van der Waals surface area contributed by atoms with E-state index in [0.717, 1.165) is 37.0 Å². The molecule has 0 saturated carbocycles. The molecule has 0 spiro atoms. The number of hydrogen-bond acceptors (Lipinski definition) is 2. The maximum Gasteiger partial charge on any atom is 0.163 e. The molecule has 0 aromatic heterocycles. The van der Waals surface area contributed by atoms with E-state index in [-0.39, 0.29) is 0 Å². The number of carbonyl (C=O) groups is 1. The van der Waals surface area contributed by atoms with Gasteiger partial charge in [0.1, 0.15) is 0 Å². The lowest BCUT2D eigenvalue weighted by atomic mass is 9.77. The first-order valence-corrected chi connectivity index (χ1v) is 9.69. The highest BCUT2D eigenvalue weighted by atomic mass is 32.2. The van der Waals surface area contributed by atoms with Gasteiger partial charge in [0, 0.05) is 12.0 Å². The largest absolute Gasteiger partial charge is 0.294 e. The van der Waals surface area contributed by atoms with Crippen molar-refractivity contribution in [2.24, 2.45) is 5.92 Å². The van der Waals surface area contributed by atoms with Gasteiger partial charge in [-0.3, -0.25) is 4.79 Å². The maximum absolute atomic E-state index is 12.8. The van der Waals surface area contributed by atoms with E-state index in [9.17, 15) is 4.79 Å². The summed E-state index contributed by atoms with van der Waals surface area (Å²) in [6.07, 6.45) is 6.09. The molecule has 0 heterocycles. The van der Waals surface area contributed by atoms with Crippen molar-refractivity contribution in [3.8, 4) is 0 Å². The quantitative estimate of drug-likeness (QED) is 0.726. The van der Waals surface area contributed by atoms with Gasteiger partial charge in [-0.1, -0.05) is 30.2 Å². The summed E-state index contributed by atoms with van der Waals surface area (Å²) in [6.45, 7) is 8.63. The minimum Gasteiger partial charge on any atom is -0.294 e. The molecule has 0 fully saturated rings. The van der Waals surface area contributed by atoms with E-state index in [2.05, 4.69) is 46.1 Å². The van der Waals surface area contributed by atoms with Gasteiger partial charge < -0.3 is 0 Å². The van der Waals surface area contributed by atoms with Gasteiger partial charge in [-0.15, -0.1) is 0 Å². The summed E-state index contributed by atoms with van der Waals surface area (Å²) in [5, 5.41) is 0. The fraction of sp³-hybridized carbons (Fsp3) is 0.550. The van der Waals surface area contributed by atoms with Gasteiger partial charge in [0.25, 0.3) is 0 Å². The molecule has 1 aromatic carbocycles. The fourth-order valence-electron chi connectivity index (χ4n) is 3.74. The summed E-state index contributed by atoms with van der Waals surface area (Å²) in [5.74, 6) is 2.06. The number of thioether (sulfide) groups is 1. The van der Waals surface area contributed by atoms with Crippen molar-refractivity contribution in [3.05, 3.63) is 40.0 Å². The predicted octanol–water partition coefficient (Wildman–Crippen LogP) is 5.37. The second kappa shape index (κ2) is 7.50. The van der Waals surface area contributed by atoms with Gasteiger partial charge in [-0.2, -0.15) is 11.8 Å². The van der Waals surface area contributed by atoms with Gasteiger partial charge in [0.2, 0.25) is 0 Å². The minimum atomic E-state index is 0.358. The number of benzene rings is 1. The molecular formula is C20H28OS. The van der Waals surface area contributed by atoms with E-state index in [1.54, 1.807) is 0 Å². The van der Waals surface area contributed by atoms with E-state index in [4.69, 9.17) is 0 Å². The molecule has 0 amide bonds. The summed E-state index contributed by atoms with van der Waals surface area (Å²) in [6, 6.07) is 4.46. The Morgan fingerprint density at radius 2 is 1.91 bits per heavy atom. The molecule has 1 atom stereocenters. The Morgan fingerprint density at radius 3 is 2.50 bits per heavy atom. The van der Waals surface area contributed by atoms with E-state index in [1.807, 2.05) is 11.8 Å². The van der Waals surface area contributed by atoms with Crippen LogP contribution in [-0.4, -0.2) is 17.8 Å². The second-order valence-electron chi connectivity index (χ2n) is 6.60. The van der Waals surface area contributed by atoms with Crippen LogP contribution in [0.15, 0.2) is 17.7 Å². The molecule has 1 aliphatic rings. The molecule has 2 heteroatoms. The number of Topliss-reactive ketones (excluding diaryl/α,β-unsaturated/α-hetero) is 1. The number of ketones is 1. The van der Waals surface area contributed by atoms with Crippen LogP contribution < -0.4 is 0 Å². The van der Waals surface area contributed by atoms with Crippen molar-refractivity contribution in [3.63, 3.8) is 0 Å². The first kappa shape index (κ1) is 17.3. The third-order valence-corrected chi connectivity index (χ3v) is 5.34. The highest BCUT2D eigenvalue weighted by molar-refractivity contribution is 7.98. The second-order valence-corrected chi connectivity index (χ2v) is 7.59. The lowest BCUT2D eigenvalue weighted by Crippen LogP contribution is -2.20. The number of allylic oxidation sites excluding steroid dienone is 2. The van der Waals surface area contributed by atoms with E-state index < -0.39 is 0 Å². The number of rotatable bonds is 5. The predicted molar refractivity (Wildman–Crippen MR) is 98.6 cm³/mol. The highest BCUT2D eigenvalue weighted by Gasteiger charge is 2.28. The van der Waals surface area contributed by atoms with E-state index >= 15 is 0 Å². The van der Waals surface area contributed by atoms with Gasteiger partial charge in [0.05, 0.1) is 0 Å². The first-order valence-electron chi connectivity index (χ1n) is 8.30. The van der Waals surface area contributed by atoms with Crippen LogP contribution in [-0.2, 0) is 11.2 Å². The topological polar surface area (TPSA) is 17.1 Å². The molecule has 0 saturated heterocycles. The molecule has 1 nitrogen and oxygen atoms in total. The van der Waals surface area contributed by atoms with Crippen LogP contribution in [0.1, 0.15) is 55.4 Å². The smallest absolute Gasteiger partial charge is 0.163 e. The zero-order chi connectivity index (χ0) is 16.3. The van der Waals surface area contributed by atoms with Gasteiger partial charge in [-0.25, -0.2) is 0 Å². The standard InChI is InChI=1S/C20H28OS/c1-6-17-10-13(2)9-14(3)19(17)20-15(4)11-16(7-8-22-5)12-18(20)21/h9-10,16H,6-8,11-12H2,1-5H3. The Morgan fingerprint density at radius 1 is 1.18 bits per heavy atom. The summed E-state index contributed by atoms with van der Waals surface area (Å²) >= 11 is 1.88. The molecular weight excluding hydrogens is 288 g/mol. The third-order valence-electron chi connectivity index (χ3n) is 4.70. The Bertz CT molecular complexity index is 598. The number of hydrogen-bond donors (Lipinski definition) is 0. The molecule has 120 valence electrons. The van der Waals surface area contributed by atoms with Crippen LogP contribution in [0, 0.1) is 19.8 Å². The lowest BCUT2D eigenvalue weighted by molar-refractivity contribution is -0.115. The minimum absolute atomic E-state index is 0.358. The van der Waals surface area contributed by atoms with Gasteiger partial charge in [-0.05, 0) is 74.7 Å².